The summed E-state index contributed by atoms with van der Waals surface area (Å²) in [5.74, 6) is -0.328. The number of methoxy groups -OCH3 is 1. The Hall–Kier alpha value is -2.50. The number of ether oxygens (including phenoxy) is 2. The molecule has 11 heteroatoms. The molecule has 0 bridgehead atoms. The minimum Gasteiger partial charge on any atom is -0.383 e. The number of likely N-dealkylation sites (tertiary alicyclic amines) is 1. The Morgan fingerprint density at radius 3 is 2.87 bits per heavy atom. The molecule has 9 nitrogen and oxygen atoms in total. The lowest BCUT2D eigenvalue weighted by Gasteiger charge is -2.38. The van der Waals surface area contributed by atoms with Gasteiger partial charge in [0.05, 0.1) is 31.9 Å². The van der Waals surface area contributed by atoms with E-state index in [1.165, 1.54) is 30.5 Å². The summed E-state index contributed by atoms with van der Waals surface area (Å²) in [6, 6.07) is 0.418. The van der Waals surface area contributed by atoms with Gasteiger partial charge in [-0.3, -0.25) is 9.91 Å². The van der Waals surface area contributed by atoms with E-state index >= 15 is 0 Å². The van der Waals surface area contributed by atoms with Crippen LogP contribution in [0.5, 0.6) is 0 Å². The van der Waals surface area contributed by atoms with Gasteiger partial charge in [0.15, 0.2) is 5.84 Å². The average Bonchev–Trinajstić information content (AvgIpc) is 3.28. The molecule has 0 saturated carbocycles. The van der Waals surface area contributed by atoms with Gasteiger partial charge in [-0.2, -0.15) is 0 Å². The van der Waals surface area contributed by atoms with Crippen LogP contribution < -0.4 is 10.7 Å². The quantitative estimate of drug-likeness (QED) is 0.385. The maximum absolute atomic E-state index is 14.7. The molecule has 0 unspecified atom stereocenters. The summed E-state index contributed by atoms with van der Waals surface area (Å²) < 4.78 is 40.1. The highest BCUT2D eigenvalue weighted by molar-refractivity contribution is 5.93. The zero-order valence-electron chi connectivity index (χ0n) is 17.2. The highest BCUT2D eigenvalue weighted by atomic mass is 19.1. The maximum Gasteiger partial charge on any atom is 0.333 e. The lowest BCUT2D eigenvalue weighted by atomic mass is 10.0. The zero-order chi connectivity index (χ0) is 21.7. The van der Waals surface area contributed by atoms with Crippen molar-refractivity contribution in [2.75, 3.05) is 53.6 Å². The molecule has 2 aliphatic rings. The lowest BCUT2D eigenvalue weighted by molar-refractivity contribution is -0.0927. The van der Waals surface area contributed by atoms with Gasteiger partial charge in [-0.1, -0.05) is 6.58 Å². The van der Waals surface area contributed by atoms with Crippen LogP contribution in [0.3, 0.4) is 0 Å². The molecule has 2 N–H and O–H groups in total. The van der Waals surface area contributed by atoms with Crippen molar-refractivity contribution in [3.8, 4) is 0 Å². The van der Waals surface area contributed by atoms with Crippen molar-refractivity contribution in [3.63, 3.8) is 0 Å². The SMILES string of the molecule is C=C/N=C(\N(C)NC(=O)N[C@@H]1CN(CCOC)C[C@H]1n1ccc(F)c1)C1(F)COC1. The third-order valence-electron chi connectivity index (χ3n) is 5.22. The minimum absolute atomic E-state index is 0.0103. The van der Waals surface area contributed by atoms with E-state index in [-0.39, 0.29) is 37.0 Å². The molecule has 1 aromatic rings. The minimum atomic E-state index is -1.77. The van der Waals surface area contributed by atoms with Gasteiger partial charge in [0, 0.05) is 52.4 Å². The second-order valence-electron chi connectivity index (χ2n) is 7.44. The van der Waals surface area contributed by atoms with Gasteiger partial charge in [0.25, 0.3) is 0 Å². The molecule has 166 valence electrons. The highest BCUT2D eigenvalue weighted by Crippen LogP contribution is 2.25. The second-order valence-corrected chi connectivity index (χ2v) is 7.44. The molecule has 1 aromatic heterocycles. The molecule has 2 atom stereocenters. The van der Waals surface area contributed by atoms with Gasteiger partial charge < -0.3 is 19.4 Å². The smallest absolute Gasteiger partial charge is 0.333 e. The number of amides is 2. The third kappa shape index (κ3) is 4.97. The first-order valence-electron chi connectivity index (χ1n) is 9.67. The number of amidine groups is 1. The number of nitrogens with one attached hydrogen (secondary N) is 2. The van der Waals surface area contributed by atoms with E-state index in [9.17, 15) is 13.6 Å². The monoisotopic (exact) mass is 426 g/mol. The number of carbonyl (C=O) groups excluding carboxylic acids is 1. The maximum atomic E-state index is 14.7. The van der Waals surface area contributed by atoms with Crippen LogP contribution in [0.4, 0.5) is 13.6 Å². The summed E-state index contributed by atoms with van der Waals surface area (Å²) in [4.78, 5) is 18.7. The predicted octanol–water partition coefficient (Wildman–Crippen LogP) is 0.925. The fraction of sp³-hybridized carbons (Fsp3) is 0.579. The van der Waals surface area contributed by atoms with Crippen LogP contribution in [-0.2, 0) is 9.47 Å². The van der Waals surface area contributed by atoms with Crippen molar-refractivity contribution in [1.29, 1.82) is 0 Å². The van der Waals surface area contributed by atoms with E-state index in [1.54, 1.807) is 17.9 Å². The standard InChI is InChI=1S/C19H28F2N6O3/c1-4-22-17(19(21)12-30-13-19)25(2)24-18(28)23-15-10-26(7-8-29-3)11-16(15)27-6-5-14(20)9-27/h4-6,9,15-16H,1,7-8,10-13H2,2-3H3,(H2,23,24,28)/b22-17-/t15-,16-/m1/s1. The zero-order valence-corrected chi connectivity index (χ0v) is 17.2. The molecule has 3 rings (SSSR count). The van der Waals surface area contributed by atoms with Crippen LogP contribution in [0.2, 0.25) is 0 Å². The summed E-state index contributed by atoms with van der Waals surface area (Å²) in [5.41, 5.74) is 0.812. The van der Waals surface area contributed by atoms with Crippen LogP contribution in [-0.4, -0.2) is 91.7 Å². The van der Waals surface area contributed by atoms with Crippen LogP contribution in [0.25, 0.3) is 0 Å². The van der Waals surface area contributed by atoms with Crippen LogP contribution in [0.1, 0.15) is 6.04 Å². The summed E-state index contributed by atoms with van der Waals surface area (Å²) in [6.45, 7) is 5.67. The number of hydrogen-bond donors (Lipinski definition) is 2. The predicted molar refractivity (Wildman–Crippen MR) is 107 cm³/mol. The Balaban J connectivity index is 1.65. The number of nitrogens with zero attached hydrogens (tertiary/aromatic N) is 4. The van der Waals surface area contributed by atoms with E-state index in [1.807, 2.05) is 0 Å². The largest absolute Gasteiger partial charge is 0.383 e. The molecule has 2 fully saturated rings. The van der Waals surface area contributed by atoms with Gasteiger partial charge in [0.1, 0.15) is 5.82 Å². The van der Waals surface area contributed by atoms with Gasteiger partial charge in [-0.15, -0.1) is 0 Å². The number of carbonyl (C=O) groups is 1. The van der Waals surface area contributed by atoms with Gasteiger partial charge >= 0.3 is 6.03 Å². The van der Waals surface area contributed by atoms with Crippen molar-refractivity contribution in [1.82, 2.24) is 25.2 Å². The third-order valence-corrected chi connectivity index (χ3v) is 5.22. The van der Waals surface area contributed by atoms with E-state index in [0.717, 1.165) is 0 Å². The molecule has 0 aromatic carbocycles. The first-order chi connectivity index (χ1) is 14.4. The fourth-order valence-corrected chi connectivity index (χ4v) is 3.71. The second kappa shape index (κ2) is 9.54. The Morgan fingerprint density at radius 1 is 1.53 bits per heavy atom. The Bertz CT molecular complexity index is 782. The Labute approximate surface area is 174 Å². The summed E-state index contributed by atoms with van der Waals surface area (Å²) in [7, 11) is 3.13. The summed E-state index contributed by atoms with van der Waals surface area (Å²) in [5, 5.41) is 4.13. The normalized spacial score (nSPS) is 23.7. The van der Waals surface area contributed by atoms with E-state index in [0.29, 0.717) is 26.2 Å². The lowest BCUT2D eigenvalue weighted by Crippen LogP contribution is -2.62. The van der Waals surface area contributed by atoms with Gasteiger partial charge in [-0.05, 0) is 6.07 Å². The van der Waals surface area contributed by atoms with E-state index < -0.39 is 11.7 Å². The molecule has 30 heavy (non-hydrogen) atoms. The number of aliphatic imine (C=N–C) groups is 1. The summed E-state index contributed by atoms with van der Waals surface area (Å²) in [6.07, 6.45) is 4.27. The number of rotatable bonds is 7. The van der Waals surface area contributed by atoms with Crippen molar-refractivity contribution in [2.45, 2.75) is 17.8 Å². The first kappa shape index (κ1) is 22.2. The van der Waals surface area contributed by atoms with E-state index in [2.05, 4.69) is 27.2 Å². The molecule has 0 aliphatic carbocycles. The Morgan fingerprint density at radius 2 is 2.30 bits per heavy atom. The molecule has 0 spiro atoms. The van der Waals surface area contributed by atoms with Crippen molar-refractivity contribution in [2.24, 2.45) is 4.99 Å². The molecule has 0 radical (unpaired) electrons. The molecule has 3 heterocycles. The van der Waals surface area contributed by atoms with Crippen LogP contribution in [0.15, 0.2) is 36.2 Å². The molecule has 2 saturated heterocycles. The van der Waals surface area contributed by atoms with Crippen molar-refractivity contribution in [3.05, 3.63) is 37.1 Å². The average molecular weight is 426 g/mol. The molecule has 2 aliphatic heterocycles. The molecular weight excluding hydrogens is 398 g/mol. The van der Waals surface area contributed by atoms with Crippen molar-refractivity contribution >= 4 is 11.9 Å². The first-order valence-corrected chi connectivity index (χ1v) is 9.67. The number of urea groups is 1. The fourth-order valence-electron chi connectivity index (χ4n) is 3.71. The van der Waals surface area contributed by atoms with E-state index in [4.69, 9.17) is 9.47 Å². The summed E-state index contributed by atoms with van der Waals surface area (Å²) >= 11 is 0. The molecular formula is C19H28F2N6O3. The van der Waals surface area contributed by atoms with Gasteiger partial charge in [0.2, 0.25) is 5.67 Å². The number of alkyl halides is 1. The van der Waals surface area contributed by atoms with Gasteiger partial charge in [-0.25, -0.2) is 24.0 Å². The number of halogens is 2. The van der Waals surface area contributed by atoms with Crippen LogP contribution in [0, 0.1) is 5.82 Å². The topological polar surface area (TPSA) is 83.4 Å². The highest BCUT2D eigenvalue weighted by Gasteiger charge is 2.46. The number of aromatic nitrogens is 1. The van der Waals surface area contributed by atoms with Crippen LogP contribution >= 0.6 is 0 Å². The molecule has 2 amide bonds. The number of hydrazine groups is 1. The Kier molecular flexibility index (Phi) is 7.06. The van der Waals surface area contributed by atoms with Crippen molar-refractivity contribution < 1.29 is 23.0 Å². The number of hydrogen-bond acceptors (Lipinski definition) is 5.